The van der Waals surface area contributed by atoms with Crippen LogP contribution >= 0.6 is 11.3 Å². The van der Waals surface area contributed by atoms with E-state index in [2.05, 4.69) is 5.32 Å². The van der Waals surface area contributed by atoms with Gasteiger partial charge >= 0.3 is 5.97 Å². The highest BCUT2D eigenvalue weighted by Gasteiger charge is 2.24. The number of nitriles is 1. The topological polar surface area (TPSA) is 84.1 Å². The first kappa shape index (κ1) is 24.0. The molecule has 33 heavy (non-hydrogen) atoms. The Morgan fingerprint density at radius 2 is 1.91 bits per heavy atom. The van der Waals surface area contributed by atoms with E-state index in [4.69, 9.17) is 4.74 Å². The van der Waals surface area contributed by atoms with Gasteiger partial charge in [0.1, 0.15) is 16.6 Å². The molecule has 1 amide bonds. The van der Waals surface area contributed by atoms with E-state index >= 15 is 0 Å². The molecule has 0 fully saturated rings. The largest absolute Gasteiger partial charge is 0.462 e. The molecule has 2 aromatic heterocycles. The molecule has 0 aliphatic carbocycles. The van der Waals surface area contributed by atoms with Crippen molar-refractivity contribution in [2.24, 2.45) is 0 Å². The van der Waals surface area contributed by atoms with Crippen LogP contribution in [0.3, 0.4) is 0 Å². The highest BCUT2D eigenvalue weighted by molar-refractivity contribution is 7.15. The summed E-state index contributed by atoms with van der Waals surface area (Å²) in [6.07, 6.45) is 1.58. The minimum atomic E-state index is -0.470. The SMILES string of the molecule is CCOC(=O)c1c(-n2c(C)cc(/C=C(/C#N)C(=O)Nc3cccc(C)c3)c2C)sc(C)c1C. The fraction of sp³-hybridized carbons (Fsp3) is 0.269. The van der Waals surface area contributed by atoms with Crippen LogP contribution < -0.4 is 5.32 Å². The van der Waals surface area contributed by atoms with Crippen molar-refractivity contribution in [3.63, 3.8) is 0 Å². The van der Waals surface area contributed by atoms with Gasteiger partial charge in [-0.2, -0.15) is 5.26 Å². The molecule has 0 spiro atoms. The average Bonchev–Trinajstić information content (AvgIpc) is 3.20. The highest BCUT2D eigenvalue weighted by atomic mass is 32.1. The first-order chi connectivity index (χ1) is 15.7. The second kappa shape index (κ2) is 9.88. The summed E-state index contributed by atoms with van der Waals surface area (Å²) in [5, 5.41) is 13.2. The zero-order valence-electron chi connectivity index (χ0n) is 19.7. The van der Waals surface area contributed by atoms with E-state index in [0.717, 1.165) is 38.0 Å². The Morgan fingerprint density at radius 1 is 1.18 bits per heavy atom. The number of amides is 1. The molecule has 0 saturated carbocycles. The number of ether oxygens (including phenoxy) is 1. The Kier molecular flexibility index (Phi) is 7.19. The third-order valence-corrected chi connectivity index (χ3v) is 6.65. The van der Waals surface area contributed by atoms with Crippen molar-refractivity contribution in [3.05, 3.63) is 74.4 Å². The van der Waals surface area contributed by atoms with Gasteiger partial charge in [0, 0.05) is 22.0 Å². The number of esters is 1. The monoisotopic (exact) mass is 461 g/mol. The summed E-state index contributed by atoms with van der Waals surface area (Å²) in [7, 11) is 0. The fourth-order valence-corrected chi connectivity index (χ4v) is 4.94. The van der Waals surface area contributed by atoms with E-state index in [-0.39, 0.29) is 11.5 Å². The Hall–Kier alpha value is -3.63. The average molecular weight is 462 g/mol. The Balaban J connectivity index is 2.02. The minimum absolute atomic E-state index is 0.000845. The maximum Gasteiger partial charge on any atom is 0.341 e. The predicted molar refractivity (Wildman–Crippen MR) is 132 cm³/mol. The van der Waals surface area contributed by atoms with Gasteiger partial charge in [-0.05, 0) is 82.5 Å². The number of carbonyl (C=O) groups excluding carboxylic acids is 2. The zero-order valence-corrected chi connectivity index (χ0v) is 20.5. The van der Waals surface area contributed by atoms with E-state index in [1.54, 1.807) is 19.1 Å². The molecule has 0 bridgehead atoms. The smallest absolute Gasteiger partial charge is 0.341 e. The van der Waals surface area contributed by atoms with E-state index in [0.29, 0.717) is 17.9 Å². The van der Waals surface area contributed by atoms with Crippen LogP contribution in [0.25, 0.3) is 11.1 Å². The molecule has 1 N–H and O–H groups in total. The van der Waals surface area contributed by atoms with Crippen LogP contribution in [0.2, 0.25) is 0 Å². The third kappa shape index (κ3) is 4.91. The van der Waals surface area contributed by atoms with Crippen molar-refractivity contribution < 1.29 is 14.3 Å². The van der Waals surface area contributed by atoms with Gasteiger partial charge in [0.25, 0.3) is 5.91 Å². The van der Waals surface area contributed by atoms with Gasteiger partial charge in [-0.15, -0.1) is 11.3 Å². The fourth-order valence-electron chi connectivity index (χ4n) is 3.68. The van der Waals surface area contributed by atoms with Crippen molar-refractivity contribution in [2.75, 3.05) is 11.9 Å². The first-order valence-corrected chi connectivity index (χ1v) is 11.5. The summed E-state index contributed by atoms with van der Waals surface area (Å²) in [5.41, 5.74) is 5.55. The van der Waals surface area contributed by atoms with Crippen LogP contribution in [0.15, 0.2) is 35.9 Å². The van der Waals surface area contributed by atoms with Gasteiger partial charge in [-0.25, -0.2) is 4.79 Å². The molecular weight excluding hydrogens is 434 g/mol. The quantitative estimate of drug-likeness (QED) is 0.285. The van der Waals surface area contributed by atoms with Crippen LogP contribution in [0, 0.1) is 45.9 Å². The second-order valence-electron chi connectivity index (χ2n) is 7.84. The van der Waals surface area contributed by atoms with Crippen LogP contribution in [-0.4, -0.2) is 23.1 Å². The predicted octanol–water partition coefficient (Wildman–Crippen LogP) is 5.80. The molecular formula is C26H27N3O3S. The number of carbonyl (C=O) groups is 2. The molecule has 3 rings (SSSR count). The number of thiophene rings is 1. The van der Waals surface area contributed by atoms with Gasteiger partial charge in [-0.1, -0.05) is 12.1 Å². The molecule has 0 aliphatic heterocycles. The minimum Gasteiger partial charge on any atom is -0.462 e. The molecule has 0 unspecified atom stereocenters. The summed E-state index contributed by atoms with van der Waals surface area (Å²) in [6, 6.07) is 11.3. The van der Waals surface area contributed by atoms with Crippen molar-refractivity contribution in [2.45, 2.75) is 41.5 Å². The molecule has 0 atom stereocenters. The summed E-state index contributed by atoms with van der Waals surface area (Å²) in [4.78, 5) is 26.4. The number of aromatic nitrogens is 1. The molecule has 3 aromatic rings. The summed E-state index contributed by atoms with van der Waals surface area (Å²) in [5.74, 6) is -0.822. The lowest BCUT2D eigenvalue weighted by Crippen LogP contribution is -2.13. The summed E-state index contributed by atoms with van der Waals surface area (Å²) >= 11 is 1.52. The summed E-state index contributed by atoms with van der Waals surface area (Å²) in [6.45, 7) is 11.8. The molecule has 0 saturated heterocycles. The lowest BCUT2D eigenvalue weighted by molar-refractivity contribution is -0.112. The first-order valence-electron chi connectivity index (χ1n) is 10.6. The molecule has 6 nitrogen and oxygen atoms in total. The Morgan fingerprint density at radius 3 is 2.55 bits per heavy atom. The second-order valence-corrected chi connectivity index (χ2v) is 9.04. The van der Waals surface area contributed by atoms with Crippen LogP contribution in [0.5, 0.6) is 0 Å². The normalized spacial score (nSPS) is 11.2. The van der Waals surface area contributed by atoms with Gasteiger partial charge in [0.05, 0.1) is 12.2 Å². The zero-order chi connectivity index (χ0) is 24.3. The highest BCUT2D eigenvalue weighted by Crippen LogP contribution is 2.35. The number of rotatable bonds is 6. The van der Waals surface area contributed by atoms with E-state index in [1.165, 1.54) is 11.3 Å². The van der Waals surface area contributed by atoms with Gasteiger partial charge in [-0.3, -0.25) is 4.79 Å². The number of aryl methyl sites for hydroxylation is 3. The standard InChI is InChI=1S/C26H27N3O3S/c1-7-32-26(31)23-17(4)19(6)33-25(23)29-16(3)12-20(18(29)5)13-21(14-27)24(30)28-22-10-8-9-15(2)11-22/h8-13H,7H2,1-6H3,(H,28,30)/b21-13-. The molecule has 170 valence electrons. The number of hydrogen-bond donors (Lipinski definition) is 1. The van der Waals surface area contributed by atoms with Gasteiger partial charge < -0.3 is 14.6 Å². The number of nitrogens with zero attached hydrogens (tertiary/aromatic N) is 2. The summed E-state index contributed by atoms with van der Waals surface area (Å²) < 4.78 is 7.28. The van der Waals surface area contributed by atoms with Crippen molar-refractivity contribution in [1.82, 2.24) is 4.57 Å². The van der Waals surface area contributed by atoms with Gasteiger partial charge in [0.2, 0.25) is 0 Å². The van der Waals surface area contributed by atoms with Crippen molar-refractivity contribution >= 4 is 35.0 Å². The van der Waals surface area contributed by atoms with Crippen LogP contribution in [0.4, 0.5) is 5.69 Å². The van der Waals surface area contributed by atoms with Crippen molar-refractivity contribution in [1.29, 1.82) is 5.26 Å². The molecule has 1 aromatic carbocycles. The maximum atomic E-state index is 12.7. The van der Waals surface area contributed by atoms with E-state index in [9.17, 15) is 14.9 Å². The number of benzene rings is 1. The Bertz CT molecular complexity index is 1310. The molecule has 7 heteroatoms. The van der Waals surface area contributed by atoms with E-state index in [1.807, 2.05) is 69.5 Å². The lowest BCUT2D eigenvalue weighted by atomic mass is 10.1. The molecule has 0 aliphatic rings. The van der Waals surface area contributed by atoms with Crippen molar-refractivity contribution in [3.8, 4) is 11.1 Å². The van der Waals surface area contributed by atoms with Crippen LogP contribution in [-0.2, 0) is 9.53 Å². The van der Waals surface area contributed by atoms with Crippen LogP contribution in [0.1, 0.15) is 50.2 Å². The number of hydrogen-bond acceptors (Lipinski definition) is 5. The third-order valence-electron chi connectivity index (χ3n) is 5.46. The van der Waals surface area contributed by atoms with E-state index < -0.39 is 5.91 Å². The van der Waals surface area contributed by atoms with Gasteiger partial charge in [0.15, 0.2) is 0 Å². The maximum absolute atomic E-state index is 12.7. The lowest BCUT2D eigenvalue weighted by Gasteiger charge is -2.11. The Labute approximate surface area is 198 Å². The molecule has 2 heterocycles. The molecule has 0 radical (unpaired) electrons. The number of anilines is 1. The number of nitrogens with one attached hydrogen (secondary N) is 1.